The predicted molar refractivity (Wildman–Crippen MR) is 130 cm³/mol. The van der Waals surface area contributed by atoms with E-state index in [1.54, 1.807) is 24.1 Å². The van der Waals surface area contributed by atoms with Gasteiger partial charge in [0.25, 0.3) is 0 Å². The molecular weight excluding hydrogens is 491 g/mol. The first-order chi connectivity index (χ1) is 14.2. The molecule has 160 valence electrons. The van der Waals surface area contributed by atoms with Crippen molar-refractivity contribution in [3.05, 3.63) is 78.2 Å². The highest BCUT2D eigenvalue weighted by molar-refractivity contribution is 14.0. The molecule has 2 heterocycles. The Hall–Kier alpha value is -2.46. The summed E-state index contributed by atoms with van der Waals surface area (Å²) in [4.78, 5) is 8.65. The van der Waals surface area contributed by atoms with Crippen molar-refractivity contribution in [1.29, 1.82) is 0 Å². The summed E-state index contributed by atoms with van der Waals surface area (Å²) in [7, 11) is 1.77. The Kier molecular flexibility index (Phi) is 10.3. The molecule has 0 aliphatic heterocycles. The molecular formula is C22H29IN6O. The molecule has 0 amide bonds. The second kappa shape index (κ2) is 13.0. The number of hydrogen-bond donors (Lipinski definition) is 2. The molecule has 0 aliphatic rings. The number of hydrogen-bond acceptors (Lipinski definition) is 4. The molecule has 0 spiro atoms. The lowest BCUT2D eigenvalue weighted by Crippen LogP contribution is -2.39. The summed E-state index contributed by atoms with van der Waals surface area (Å²) in [6.45, 7) is 4.92. The number of pyridine rings is 1. The smallest absolute Gasteiger partial charge is 0.191 e. The van der Waals surface area contributed by atoms with Crippen LogP contribution in [0.3, 0.4) is 0 Å². The first kappa shape index (κ1) is 23.8. The van der Waals surface area contributed by atoms with Gasteiger partial charge in [-0.25, -0.2) is 9.67 Å². The van der Waals surface area contributed by atoms with Gasteiger partial charge in [-0.2, -0.15) is 5.10 Å². The molecule has 1 aromatic carbocycles. The Morgan fingerprint density at radius 2 is 1.93 bits per heavy atom. The number of benzene rings is 1. The van der Waals surface area contributed by atoms with Crippen LogP contribution in [0.5, 0.6) is 0 Å². The SMILES string of the molecule is CN=C(NCc1ccnc(-n2cccn2)c1)NCC(C)COCc1ccccc1.I. The second-order valence-electron chi connectivity index (χ2n) is 6.89. The van der Waals surface area contributed by atoms with Crippen LogP contribution in [0.25, 0.3) is 5.82 Å². The van der Waals surface area contributed by atoms with E-state index in [9.17, 15) is 0 Å². The molecule has 0 saturated heterocycles. The molecule has 0 saturated carbocycles. The maximum Gasteiger partial charge on any atom is 0.191 e. The zero-order valence-corrected chi connectivity index (χ0v) is 19.7. The third kappa shape index (κ3) is 7.75. The van der Waals surface area contributed by atoms with Crippen LogP contribution < -0.4 is 10.6 Å². The van der Waals surface area contributed by atoms with Crippen LogP contribution in [0, 0.1) is 5.92 Å². The normalized spacial score (nSPS) is 12.1. The highest BCUT2D eigenvalue weighted by Gasteiger charge is 2.06. The molecule has 2 aromatic heterocycles. The first-order valence-corrected chi connectivity index (χ1v) is 9.75. The summed E-state index contributed by atoms with van der Waals surface area (Å²) in [5, 5.41) is 10.9. The van der Waals surface area contributed by atoms with Crippen LogP contribution in [0.15, 0.2) is 72.1 Å². The number of guanidine groups is 1. The molecule has 30 heavy (non-hydrogen) atoms. The lowest BCUT2D eigenvalue weighted by molar-refractivity contribution is 0.0931. The molecule has 3 aromatic rings. The van der Waals surface area contributed by atoms with Crippen LogP contribution >= 0.6 is 24.0 Å². The van der Waals surface area contributed by atoms with Crippen LogP contribution in [-0.2, 0) is 17.9 Å². The highest BCUT2D eigenvalue weighted by atomic mass is 127. The predicted octanol–water partition coefficient (Wildman–Crippen LogP) is 3.40. The van der Waals surface area contributed by atoms with Crippen LogP contribution in [-0.4, -0.2) is 40.9 Å². The standard InChI is InChI=1S/C22H28N6O.HI/c1-18(16-29-17-19-7-4-3-5-8-19)14-25-22(23-2)26-15-20-9-11-24-21(13-20)28-12-6-10-27-28;/h3-13,18H,14-17H2,1-2H3,(H2,23,25,26);1H. The van der Waals surface area contributed by atoms with E-state index in [1.165, 1.54) is 5.56 Å². The minimum atomic E-state index is 0. The van der Waals surface area contributed by atoms with Gasteiger partial charge in [0.05, 0.1) is 13.2 Å². The van der Waals surface area contributed by atoms with Gasteiger partial charge in [-0.1, -0.05) is 37.3 Å². The summed E-state index contributed by atoms with van der Waals surface area (Å²) >= 11 is 0. The number of aromatic nitrogens is 3. The van der Waals surface area contributed by atoms with Crippen molar-refractivity contribution in [2.24, 2.45) is 10.9 Å². The van der Waals surface area contributed by atoms with Gasteiger partial charge >= 0.3 is 0 Å². The van der Waals surface area contributed by atoms with E-state index in [1.807, 2.05) is 42.6 Å². The van der Waals surface area contributed by atoms with Gasteiger partial charge in [-0.15, -0.1) is 24.0 Å². The van der Waals surface area contributed by atoms with Gasteiger partial charge in [0, 0.05) is 38.7 Å². The molecule has 8 heteroatoms. The van der Waals surface area contributed by atoms with E-state index in [4.69, 9.17) is 4.74 Å². The Morgan fingerprint density at radius 3 is 2.67 bits per heavy atom. The van der Waals surface area contributed by atoms with Crippen molar-refractivity contribution in [2.75, 3.05) is 20.2 Å². The molecule has 1 atom stereocenters. The van der Waals surface area contributed by atoms with E-state index in [0.717, 1.165) is 23.9 Å². The zero-order valence-electron chi connectivity index (χ0n) is 17.4. The highest BCUT2D eigenvalue weighted by Crippen LogP contribution is 2.06. The van der Waals surface area contributed by atoms with Crippen molar-refractivity contribution >= 4 is 29.9 Å². The van der Waals surface area contributed by atoms with Crippen molar-refractivity contribution in [3.63, 3.8) is 0 Å². The number of aliphatic imine (C=N–C) groups is 1. The molecule has 1 unspecified atom stereocenters. The Labute approximate surface area is 195 Å². The third-order valence-corrected chi connectivity index (χ3v) is 4.36. The molecule has 7 nitrogen and oxygen atoms in total. The Balaban J connectivity index is 0.00000320. The van der Waals surface area contributed by atoms with Gasteiger partial charge in [-0.05, 0) is 35.2 Å². The van der Waals surface area contributed by atoms with Gasteiger partial charge < -0.3 is 15.4 Å². The van der Waals surface area contributed by atoms with Crippen LogP contribution in [0.2, 0.25) is 0 Å². The fourth-order valence-corrected chi connectivity index (χ4v) is 2.79. The topological polar surface area (TPSA) is 76.4 Å². The lowest BCUT2D eigenvalue weighted by atomic mass is 10.2. The van der Waals surface area contributed by atoms with Crippen molar-refractivity contribution in [1.82, 2.24) is 25.4 Å². The number of nitrogens with one attached hydrogen (secondary N) is 2. The van der Waals surface area contributed by atoms with Crippen LogP contribution in [0.1, 0.15) is 18.1 Å². The average molecular weight is 520 g/mol. The lowest BCUT2D eigenvalue weighted by Gasteiger charge is -2.16. The summed E-state index contributed by atoms with van der Waals surface area (Å²) in [6.07, 6.45) is 5.40. The van der Waals surface area contributed by atoms with E-state index >= 15 is 0 Å². The Bertz CT molecular complexity index is 886. The monoisotopic (exact) mass is 520 g/mol. The number of rotatable bonds is 9. The van der Waals surface area contributed by atoms with Crippen molar-refractivity contribution in [2.45, 2.75) is 20.1 Å². The summed E-state index contributed by atoms with van der Waals surface area (Å²) < 4.78 is 7.55. The number of nitrogens with zero attached hydrogens (tertiary/aromatic N) is 4. The maximum absolute atomic E-state index is 5.81. The first-order valence-electron chi connectivity index (χ1n) is 9.75. The average Bonchev–Trinajstić information content (AvgIpc) is 3.30. The molecule has 0 aliphatic carbocycles. The molecule has 0 bridgehead atoms. The maximum atomic E-state index is 5.81. The fourth-order valence-electron chi connectivity index (χ4n) is 2.79. The minimum absolute atomic E-state index is 0. The van der Waals surface area contributed by atoms with Gasteiger partial charge in [0.15, 0.2) is 11.8 Å². The van der Waals surface area contributed by atoms with Gasteiger partial charge in [0.2, 0.25) is 0 Å². The number of halogens is 1. The molecule has 3 rings (SSSR count). The second-order valence-corrected chi connectivity index (χ2v) is 6.89. The fraction of sp³-hybridized carbons (Fsp3) is 0.318. The molecule has 0 radical (unpaired) electrons. The summed E-state index contributed by atoms with van der Waals surface area (Å²) in [5.41, 5.74) is 2.30. The summed E-state index contributed by atoms with van der Waals surface area (Å²) in [5.74, 6) is 1.92. The van der Waals surface area contributed by atoms with Crippen LogP contribution in [0.4, 0.5) is 0 Å². The Morgan fingerprint density at radius 1 is 1.10 bits per heavy atom. The number of ether oxygens (including phenoxy) is 1. The zero-order chi connectivity index (χ0) is 20.3. The molecule has 2 N–H and O–H groups in total. The van der Waals surface area contributed by atoms with E-state index in [2.05, 4.69) is 44.8 Å². The van der Waals surface area contributed by atoms with E-state index in [-0.39, 0.29) is 24.0 Å². The van der Waals surface area contributed by atoms with Gasteiger partial charge in [0.1, 0.15) is 0 Å². The van der Waals surface area contributed by atoms with Gasteiger partial charge in [-0.3, -0.25) is 4.99 Å². The summed E-state index contributed by atoms with van der Waals surface area (Å²) in [6, 6.07) is 16.1. The minimum Gasteiger partial charge on any atom is -0.376 e. The molecule has 0 fully saturated rings. The van der Waals surface area contributed by atoms with Crippen molar-refractivity contribution < 1.29 is 4.74 Å². The van der Waals surface area contributed by atoms with Crippen molar-refractivity contribution in [3.8, 4) is 5.82 Å². The van der Waals surface area contributed by atoms with E-state index < -0.39 is 0 Å². The third-order valence-electron chi connectivity index (χ3n) is 4.36. The largest absolute Gasteiger partial charge is 0.376 e. The van der Waals surface area contributed by atoms with E-state index in [0.29, 0.717) is 25.7 Å². The quantitative estimate of drug-likeness (QED) is 0.257.